The molecule has 2 heterocycles. The highest BCUT2D eigenvalue weighted by molar-refractivity contribution is 6.04. The number of aromatic nitrogens is 5. The number of carbonyl (C=O) groups excluding carboxylic acids is 1. The summed E-state index contributed by atoms with van der Waals surface area (Å²) in [7, 11) is 0. The van der Waals surface area contributed by atoms with Crippen LogP contribution >= 0.6 is 0 Å². The highest BCUT2D eigenvalue weighted by atomic mass is 19.4. The number of benzene rings is 1. The van der Waals surface area contributed by atoms with Crippen LogP contribution in [0.4, 0.5) is 18.9 Å². The van der Waals surface area contributed by atoms with Crippen molar-refractivity contribution in [2.24, 2.45) is 0 Å². The van der Waals surface area contributed by atoms with E-state index in [-0.39, 0.29) is 5.69 Å². The van der Waals surface area contributed by atoms with Gasteiger partial charge in [0.25, 0.3) is 11.5 Å². The molecule has 0 aliphatic rings. The molecule has 26 heavy (non-hydrogen) atoms. The van der Waals surface area contributed by atoms with Crippen molar-refractivity contribution < 1.29 is 18.0 Å². The Morgan fingerprint density at radius 2 is 1.77 bits per heavy atom. The smallest absolute Gasteiger partial charge is 0.322 e. The van der Waals surface area contributed by atoms with Gasteiger partial charge in [0, 0.05) is 5.69 Å². The minimum atomic E-state index is -4.72. The molecule has 3 rings (SSSR count). The Balaban J connectivity index is 1.79. The van der Waals surface area contributed by atoms with Gasteiger partial charge in [0.05, 0.1) is 5.69 Å². The Kier molecular flexibility index (Phi) is 4.16. The SMILES string of the molecule is O=C(Nc1ccc(-n2nn[nH]c2=O)cc1)c1ccc(C(F)(F)F)[nH]c1=O. The molecule has 0 fully saturated rings. The predicted octanol–water partition coefficient (Wildman–Crippen LogP) is 0.915. The number of alkyl halides is 3. The number of amides is 1. The topological polar surface area (TPSA) is 126 Å². The van der Waals surface area contributed by atoms with E-state index in [9.17, 15) is 27.6 Å². The number of aromatic amines is 2. The lowest BCUT2D eigenvalue weighted by molar-refractivity contribution is -0.141. The third-order valence-electron chi connectivity index (χ3n) is 3.30. The maximum Gasteiger partial charge on any atom is 0.431 e. The molecular weight excluding hydrogens is 357 g/mol. The maximum absolute atomic E-state index is 12.5. The molecule has 3 aromatic rings. The predicted molar refractivity (Wildman–Crippen MR) is 82.0 cm³/mol. The summed E-state index contributed by atoms with van der Waals surface area (Å²) in [6, 6.07) is 7.16. The van der Waals surface area contributed by atoms with Crippen LogP contribution in [0.5, 0.6) is 0 Å². The van der Waals surface area contributed by atoms with Crippen LogP contribution in [0.1, 0.15) is 16.1 Å². The molecule has 0 atom stereocenters. The number of anilines is 1. The van der Waals surface area contributed by atoms with E-state index in [0.717, 1.165) is 10.7 Å². The number of tetrazole rings is 1. The number of pyridine rings is 1. The molecule has 1 amide bonds. The quantitative estimate of drug-likeness (QED) is 0.635. The average molecular weight is 366 g/mol. The van der Waals surface area contributed by atoms with Gasteiger partial charge in [-0.1, -0.05) is 0 Å². The van der Waals surface area contributed by atoms with Gasteiger partial charge >= 0.3 is 11.9 Å². The van der Waals surface area contributed by atoms with E-state index in [1.807, 2.05) is 0 Å². The van der Waals surface area contributed by atoms with Gasteiger partial charge in [-0.25, -0.2) is 9.89 Å². The van der Waals surface area contributed by atoms with E-state index in [0.29, 0.717) is 11.8 Å². The molecule has 0 aliphatic carbocycles. The second kappa shape index (κ2) is 6.31. The monoisotopic (exact) mass is 366 g/mol. The summed E-state index contributed by atoms with van der Waals surface area (Å²) in [5, 5.41) is 11.4. The number of H-pyrrole nitrogens is 2. The fourth-order valence-electron chi connectivity index (χ4n) is 2.07. The second-order valence-corrected chi connectivity index (χ2v) is 5.03. The van der Waals surface area contributed by atoms with Crippen molar-refractivity contribution in [1.29, 1.82) is 0 Å². The van der Waals surface area contributed by atoms with E-state index >= 15 is 0 Å². The number of hydrogen-bond donors (Lipinski definition) is 3. The number of rotatable bonds is 3. The fourth-order valence-corrected chi connectivity index (χ4v) is 2.07. The van der Waals surface area contributed by atoms with Gasteiger partial charge in [-0.2, -0.15) is 17.9 Å². The van der Waals surface area contributed by atoms with Gasteiger partial charge in [0.1, 0.15) is 11.3 Å². The Labute approximate surface area is 141 Å². The third kappa shape index (κ3) is 3.38. The zero-order chi connectivity index (χ0) is 18.9. The van der Waals surface area contributed by atoms with Gasteiger partial charge in [-0.15, -0.1) is 0 Å². The summed E-state index contributed by atoms with van der Waals surface area (Å²) in [4.78, 5) is 36.8. The Morgan fingerprint density at radius 3 is 2.31 bits per heavy atom. The molecule has 0 saturated carbocycles. The maximum atomic E-state index is 12.5. The number of nitrogens with one attached hydrogen (secondary N) is 3. The van der Waals surface area contributed by atoms with Crippen LogP contribution < -0.4 is 16.6 Å². The van der Waals surface area contributed by atoms with Crippen LogP contribution in [0.15, 0.2) is 46.0 Å². The lowest BCUT2D eigenvalue weighted by Crippen LogP contribution is -2.25. The second-order valence-electron chi connectivity index (χ2n) is 5.03. The van der Waals surface area contributed by atoms with E-state index in [4.69, 9.17) is 0 Å². The largest absolute Gasteiger partial charge is 0.431 e. The van der Waals surface area contributed by atoms with Gasteiger partial charge in [-0.05, 0) is 46.8 Å². The summed E-state index contributed by atoms with van der Waals surface area (Å²) < 4.78 is 38.5. The minimum Gasteiger partial charge on any atom is -0.322 e. The van der Waals surface area contributed by atoms with Gasteiger partial charge in [0.15, 0.2) is 0 Å². The summed E-state index contributed by atoms with van der Waals surface area (Å²) in [6.07, 6.45) is -4.72. The van der Waals surface area contributed by atoms with Crippen molar-refractivity contribution in [3.63, 3.8) is 0 Å². The highest BCUT2D eigenvalue weighted by Gasteiger charge is 2.32. The van der Waals surface area contributed by atoms with Crippen molar-refractivity contribution in [3.8, 4) is 5.69 Å². The molecule has 9 nitrogen and oxygen atoms in total. The molecule has 0 saturated heterocycles. The lowest BCUT2D eigenvalue weighted by Gasteiger charge is -2.08. The number of nitrogens with zero attached hydrogens (tertiary/aromatic N) is 3. The molecule has 0 unspecified atom stereocenters. The Bertz CT molecular complexity index is 1060. The number of halogens is 3. The zero-order valence-corrected chi connectivity index (χ0v) is 12.7. The molecule has 0 bridgehead atoms. The Morgan fingerprint density at radius 1 is 1.08 bits per heavy atom. The first-order valence-corrected chi connectivity index (χ1v) is 6.98. The van der Waals surface area contributed by atoms with Gasteiger partial charge in [-0.3, -0.25) is 9.59 Å². The molecule has 1 aromatic carbocycles. The first kappa shape index (κ1) is 17.1. The van der Waals surface area contributed by atoms with Crippen LogP contribution in [0.2, 0.25) is 0 Å². The van der Waals surface area contributed by atoms with Gasteiger partial charge < -0.3 is 10.3 Å². The summed E-state index contributed by atoms with van der Waals surface area (Å²) in [5.41, 5.74) is -2.82. The molecular formula is C14H9F3N6O3. The van der Waals surface area contributed by atoms with Crippen molar-refractivity contribution in [2.45, 2.75) is 6.18 Å². The van der Waals surface area contributed by atoms with E-state index in [2.05, 4.69) is 20.8 Å². The summed E-state index contributed by atoms with van der Waals surface area (Å²) >= 11 is 0. The van der Waals surface area contributed by atoms with E-state index < -0.39 is 34.6 Å². The fraction of sp³-hybridized carbons (Fsp3) is 0.0714. The van der Waals surface area contributed by atoms with Crippen molar-refractivity contribution in [3.05, 3.63) is 68.5 Å². The van der Waals surface area contributed by atoms with Crippen LogP contribution in [0, 0.1) is 0 Å². The molecule has 134 valence electrons. The molecule has 0 aliphatic heterocycles. The van der Waals surface area contributed by atoms with E-state index in [1.165, 1.54) is 24.3 Å². The Hall–Kier alpha value is -3.70. The zero-order valence-electron chi connectivity index (χ0n) is 12.7. The first-order chi connectivity index (χ1) is 12.3. The third-order valence-corrected chi connectivity index (χ3v) is 3.30. The lowest BCUT2D eigenvalue weighted by atomic mass is 10.2. The molecule has 0 spiro atoms. The van der Waals surface area contributed by atoms with Crippen molar-refractivity contribution in [1.82, 2.24) is 25.2 Å². The summed E-state index contributed by atoms with van der Waals surface area (Å²) in [5.74, 6) is -0.883. The van der Waals surface area contributed by atoms with Crippen LogP contribution in [0.25, 0.3) is 5.69 Å². The number of hydrogen-bond acceptors (Lipinski definition) is 5. The first-order valence-electron chi connectivity index (χ1n) is 6.98. The van der Waals surface area contributed by atoms with Crippen LogP contribution in [-0.2, 0) is 6.18 Å². The van der Waals surface area contributed by atoms with Crippen LogP contribution in [0.3, 0.4) is 0 Å². The van der Waals surface area contributed by atoms with Crippen LogP contribution in [-0.4, -0.2) is 31.1 Å². The number of carbonyl (C=O) groups is 1. The normalized spacial score (nSPS) is 11.3. The molecule has 3 N–H and O–H groups in total. The van der Waals surface area contributed by atoms with Gasteiger partial charge in [0.2, 0.25) is 0 Å². The standard InChI is InChI=1S/C14H9F3N6O3/c15-14(16,17)10-6-5-9(12(25)19-10)11(24)18-7-1-3-8(4-2-7)23-13(26)20-21-22-23/h1-6H,(H,18,24)(H,19,25)(H,20,22,26). The molecule has 12 heteroatoms. The van der Waals surface area contributed by atoms with Crippen molar-refractivity contribution in [2.75, 3.05) is 5.32 Å². The highest BCUT2D eigenvalue weighted by Crippen LogP contribution is 2.26. The van der Waals surface area contributed by atoms with E-state index in [1.54, 1.807) is 4.98 Å². The molecule has 0 radical (unpaired) electrons. The molecule has 2 aromatic heterocycles. The van der Waals surface area contributed by atoms with Crippen molar-refractivity contribution >= 4 is 11.6 Å². The average Bonchev–Trinajstić information content (AvgIpc) is 3.00. The summed E-state index contributed by atoms with van der Waals surface area (Å²) in [6.45, 7) is 0. The minimum absolute atomic E-state index is 0.259.